The molecule has 0 atom stereocenters. The van der Waals surface area contributed by atoms with Gasteiger partial charge in [-0.05, 0) is 49.2 Å². The molecule has 1 aromatic heterocycles. The van der Waals surface area contributed by atoms with Gasteiger partial charge in [-0.3, -0.25) is 0 Å². The summed E-state index contributed by atoms with van der Waals surface area (Å²) < 4.78 is 5.33. The van der Waals surface area contributed by atoms with E-state index in [2.05, 4.69) is 29.2 Å². The quantitative estimate of drug-likeness (QED) is 0.767. The van der Waals surface area contributed by atoms with E-state index < -0.39 is 0 Å². The molecule has 0 aliphatic carbocycles. The lowest BCUT2D eigenvalue weighted by atomic mass is 10.3. The van der Waals surface area contributed by atoms with Gasteiger partial charge in [0.25, 0.3) is 0 Å². The summed E-state index contributed by atoms with van der Waals surface area (Å²) in [4.78, 5) is 3.76. The normalized spacial score (nSPS) is 15.2. The first kappa shape index (κ1) is 11.7. The van der Waals surface area contributed by atoms with E-state index in [1.54, 1.807) is 6.26 Å². The molecule has 18 heavy (non-hydrogen) atoms. The van der Waals surface area contributed by atoms with Crippen LogP contribution in [0.4, 0.5) is 5.69 Å². The summed E-state index contributed by atoms with van der Waals surface area (Å²) in [5.74, 6) is 1.93. The van der Waals surface area contributed by atoms with Crippen molar-refractivity contribution in [3.05, 3.63) is 48.4 Å². The van der Waals surface area contributed by atoms with Crippen molar-refractivity contribution in [1.82, 2.24) is 0 Å². The minimum atomic E-state index is 0.899. The van der Waals surface area contributed by atoms with Crippen molar-refractivity contribution in [1.29, 1.82) is 0 Å². The Bertz CT molecular complexity index is 472. The van der Waals surface area contributed by atoms with Crippen LogP contribution in [0.2, 0.25) is 0 Å². The molecule has 0 N–H and O–H groups in total. The third-order valence-electron chi connectivity index (χ3n) is 3.27. The first-order valence-electron chi connectivity index (χ1n) is 6.42. The summed E-state index contributed by atoms with van der Waals surface area (Å²) in [5.41, 5.74) is 1.36. The first-order chi connectivity index (χ1) is 8.92. The monoisotopic (exact) mass is 259 g/mol. The number of benzene rings is 1. The lowest BCUT2D eigenvalue weighted by Crippen LogP contribution is -2.17. The number of rotatable bonds is 4. The summed E-state index contributed by atoms with van der Waals surface area (Å²) in [6, 6.07) is 12.8. The lowest BCUT2D eigenvalue weighted by Gasteiger charge is -2.17. The van der Waals surface area contributed by atoms with Crippen molar-refractivity contribution in [3.63, 3.8) is 0 Å². The minimum absolute atomic E-state index is 0.899. The molecule has 0 saturated carbocycles. The highest BCUT2D eigenvalue weighted by Gasteiger charge is 2.11. The van der Waals surface area contributed by atoms with Crippen LogP contribution in [-0.2, 0) is 5.75 Å². The lowest BCUT2D eigenvalue weighted by molar-refractivity contribution is 0.530. The van der Waals surface area contributed by atoms with E-state index >= 15 is 0 Å². The van der Waals surface area contributed by atoms with Gasteiger partial charge in [0.15, 0.2) is 0 Å². The van der Waals surface area contributed by atoms with Crippen LogP contribution in [0.25, 0.3) is 0 Å². The van der Waals surface area contributed by atoms with Gasteiger partial charge in [0.1, 0.15) is 5.76 Å². The summed E-state index contributed by atoms with van der Waals surface area (Å²) in [6.07, 6.45) is 4.39. The van der Waals surface area contributed by atoms with Crippen LogP contribution in [0, 0.1) is 0 Å². The Hall–Kier alpha value is -1.35. The molecule has 0 radical (unpaired) electrons. The maximum Gasteiger partial charge on any atom is 0.113 e. The van der Waals surface area contributed by atoms with Crippen LogP contribution < -0.4 is 4.90 Å². The van der Waals surface area contributed by atoms with Gasteiger partial charge in [0, 0.05) is 23.7 Å². The Kier molecular flexibility index (Phi) is 3.60. The Balaban J connectivity index is 1.60. The predicted molar refractivity (Wildman–Crippen MR) is 76.2 cm³/mol. The van der Waals surface area contributed by atoms with Crippen LogP contribution in [0.3, 0.4) is 0 Å². The maximum atomic E-state index is 5.33. The molecule has 3 rings (SSSR count). The van der Waals surface area contributed by atoms with E-state index in [-0.39, 0.29) is 0 Å². The number of anilines is 1. The zero-order valence-electron chi connectivity index (χ0n) is 10.3. The maximum absolute atomic E-state index is 5.33. The highest BCUT2D eigenvalue weighted by atomic mass is 32.2. The fourth-order valence-corrected chi connectivity index (χ4v) is 3.08. The molecule has 1 aromatic carbocycles. The zero-order valence-corrected chi connectivity index (χ0v) is 11.2. The molecular formula is C15H17NOS. The SMILES string of the molecule is c1coc(CSc2ccc(N3CCCC3)cc2)c1. The van der Waals surface area contributed by atoms with Gasteiger partial charge in [-0.2, -0.15) is 0 Å². The van der Waals surface area contributed by atoms with Crippen molar-refractivity contribution in [3.8, 4) is 0 Å². The van der Waals surface area contributed by atoms with Crippen molar-refractivity contribution < 1.29 is 4.42 Å². The second-order valence-corrected chi connectivity index (χ2v) is 5.60. The number of furan rings is 1. The Morgan fingerprint density at radius 2 is 1.83 bits per heavy atom. The van der Waals surface area contributed by atoms with Crippen LogP contribution in [0.5, 0.6) is 0 Å². The molecular weight excluding hydrogens is 242 g/mol. The average Bonchev–Trinajstić information content (AvgIpc) is 3.10. The van der Waals surface area contributed by atoms with Crippen molar-refractivity contribution in [2.75, 3.05) is 18.0 Å². The van der Waals surface area contributed by atoms with E-state index in [4.69, 9.17) is 4.42 Å². The Morgan fingerprint density at radius 3 is 2.50 bits per heavy atom. The molecule has 2 nitrogen and oxygen atoms in total. The third-order valence-corrected chi connectivity index (χ3v) is 4.30. The van der Waals surface area contributed by atoms with Crippen LogP contribution in [-0.4, -0.2) is 13.1 Å². The standard InChI is InChI=1S/C15H17NOS/c1-2-10-16(9-1)13-5-7-15(8-6-13)18-12-14-4-3-11-17-14/h3-8,11H,1-2,9-10,12H2. The molecule has 94 valence electrons. The number of hydrogen-bond donors (Lipinski definition) is 0. The first-order valence-corrected chi connectivity index (χ1v) is 7.40. The molecule has 1 fully saturated rings. The molecule has 0 amide bonds. The molecule has 1 saturated heterocycles. The molecule has 2 heterocycles. The second-order valence-electron chi connectivity index (χ2n) is 4.56. The third kappa shape index (κ3) is 2.72. The topological polar surface area (TPSA) is 16.4 Å². The van der Waals surface area contributed by atoms with Crippen LogP contribution >= 0.6 is 11.8 Å². The summed E-state index contributed by atoms with van der Waals surface area (Å²) in [6.45, 7) is 2.41. The Morgan fingerprint density at radius 1 is 1.06 bits per heavy atom. The highest BCUT2D eigenvalue weighted by molar-refractivity contribution is 7.98. The predicted octanol–water partition coefficient (Wildman–Crippen LogP) is 4.17. The largest absolute Gasteiger partial charge is 0.468 e. The average molecular weight is 259 g/mol. The van der Waals surface area contributed by atoms with Crippen LogP contribution in [0.1, 0.15) is 18.6 Å². The number of hydrogen-bond acceptors (Lipinski definition) is 3. The van der Waals surface area contributed by atoms with Crippen molar-refractivity contribution >= 4 is 17.4 Å². The van der Waals surface area contributed by atoms with Gasteiger partial charge in [-0.25, -0.2) is 0 Å². The van der Waals surface area contributed by atoms with E-state index in [0.29, 0.717) is 0 Å². The van der Waals surface area contributed by atoms with Crippen molar-refractivity contribution in [2.45, 2.75) is 23.5 Å². The molecule has 1 aliphatic heterocycles. The summed E-state index contributed by atoms with van der Waals surface area (Å²) >= 11 is 1.82. The summed E-state index contributed by atoms with van der Waals surface area (Å²) in [7, 11) is 0. The van der Waals surface area contributed by atoms with E-state index in [0.717, 1.165) is 11.5 Å². The zero-order chi connectivity index (χ0) is 12.2. The van der Waals surface area contributed by atoms with Gasteiger partial charge in [0.2, 0.25) is 0 Å². The smallest absolute Gasteiger partial charge is 0.113 e. The molecule has 3 heteroatoms. The van der Waals surface area contributed by atoms with Gasteiger partial charge in [-0.1, -0.05) is 0 Å². The molecule has 0 bridgehead atoms. The molecule has 0 spiro atoms. The van der Waals surface area contributed by atoms with Crippen molar-refractivity contribution in [2.24, 2.45) is 0 Å². The Labute approximate surface area is 112 Å². The van der Waals surface area contributed by atoms with Gasteiger partial charge >= 0.3 is 0 Å². The number of nitrogens with zero attached hydrogens (tertiary/aromatic N) is 1. The second kappa shape index (κ2) is 5.53. The number of thioether (sulfide) groups is 1. The van der Waals surface area contributed by atoms with E-state index in [9.17, 15) is 0 Å². The van der Waals surface area contributed by atoms with Gasteiger partial charge in [0.05, 0.1) is 12.0 Å². The van der Waals surface area contributed by atoms with Gasteiger partial charge in [-0.15, -0.1) is 11.8 Å². The van der Waals surface area contributed by atoms with Crippen LogP contribution in [0.15, 0.2) is 52.0 Å². The fourth-order valence-electron chi connectivity index (χ4n) is 2.28. The van der Waals surface area contributed by atoms with E-state index in [1.165, 1.54) is 36.5 Å². The molecule has 2 aromatic rings. The highest BCUT2D eigenvalue weighted by Crippen LogP contribution is 2.26. The minimum Gasteiger partial charge on any atom is -0.468 e. The van der Waals surface area contributed by atoms with Gasteiger partial charge < -0.3 is 9.32 Å². The fraction of sp³-hybridized carbons (Fsp3) is 0.333. The molecule has 0 unspecified atom stereocenters. The van der Waals surface area contributed by atoms with E-state index in [1.807, 2.05) is 23.9 Å². The molecule has 1 aliphatic rings. The summed E-state index contributed by atoms with van der Waals surface area (Å²) in [5, 5.41) is 0.